The van der Waals surface area contributed by atoms with Crippen LogP contribution in [-0.2, 0) is 0 Å². The smallest absolute Gasteiger partial charge is 0.201 e. The van der Waals surface area contributed by atoms with Gasteiger partial charge in [-0.05, 0) is 74.3 Å². The van der Waals surface area contributed by atoms with E-state index in [4.69, 9.17) is 10.00 Å². The maximum atomic E-state index is 13.9. The van der Waals surface area contributed by atoms with Crippen LogP contribution in [0.25, 0.3) is 0 Å². The fourth-order valence-electron chi connectivity index (χ4n) is 4.83. The van der Waals surface area contributed by atoms with Crippen LogP contribution in [-0.4, -0.2) is 6.61 Å². The second-order valence-corrected chi connectivity index (χ2v) is 8.13. The Kier molecular flexibility index (Phi) is 6.51. The Hall–Kier alpha value is -1.63. The van der Waals surface area contributed by atoms with Gasteiger partial charge in [0.25, 0.3) is 0 Å². The Bertz CT molecular complexity index is 638. The molecule has 26 heavy (non-hydrogen) atoms. The largest absolute Gasteiger partial charge is 0.490 e. The van der Waals surface area contributed by atoms with E-state index in [0.717, 1.165) is 30.6 Å². The third kappa shape index (κ3) is 4.37. The van der Waals surface area contributed by atoms with Crippen LogP contribution in [0.4, 0.5) is 8.78 Å². The van der Waals surface area contributed by atoms with Crippen molar-refractivity contribution in [2.75, 3.05) is 6.61 Å². The summed E-state index contributed by atoms with van der Waals surface area (Å²) >= 11 is 0. The van der Waals surface area contributed by atoms with E-state index in [0.29, 0.717) is 12.5 Å². The van der Waals surface area contributed by atoms with Crippen molar-refractivity contribution >= 4 is 0 Å². The highest BCUT2D eigenvalue weighted by Crippen LogP contribution is 2.42. The van der Waals surface area contributed by atoms with Crippen molar-refractivity contribution < 1.29 is 13.5 Å². The number of halogens is 2. The molecule has 2 saturated carbocycles. The molecular formula is C22H29F2NO. The van der Waals surface area contributed by atoms with Crippen molar-refractivity contribution in [1.29, 1.82) is 5.26 Å². The zero-order chi connectivity index (χ0) is 18.5. The summed E-state index contributed by atoms with van der Waals surface area (Å²) in [5.74, 6) is 0.844. The van der Waals surface area contributed by atoms with Gasteiger partial charge in [0.2, 0.25) is 5.82 Å². The molecule has 0 aromatic heterocycles. The summed E-state index contributed by atoms with van der Waals surface area (Å²) in [6, 6.07) is 4.27. The highest BCUT2D eigenvalue weighted by Gasteiger charge is 2.30. The number of benzene rings is 1. The lowest BCUT2D eigenvalue weighted by Crippen LogP contribution is -2.27. The molecule has 0 spiro atoms. The van der Waals surface area contributed by atoms with Crippen LogP contribution in [0.5, 0.6) is 5.75 Å². The molecule has 0 bridgehead atoms. The highest BCUT2D eigenvalue weighted by atomic mass is 19.2. The number of ether oxygens (including phenoxy) is 1. The van der Waals surface area contributed by atoms with Gasteiger partial charge in [0, 0.05) is 0 Å². The second kappa shape index (κ2) is 8.84. The fourth-order valence-corrected chi connectivity index (χ4v) is 4.83. The summed E-state index contributed by atoms with van der Waals surface area (Å²) in [5, 5.41) is 8.73. The molecule has 3 rings (SSSR count). The van der Waals surface area contributed by atoms with Crippen molar-refractivity contribution in [1.82, 2.24) is 0 Å². The van der Waals surface area contributed by atoms with Crippen LogP contribution in [0, 0.1) is 46.6 Å². The monoisotopic (exact) mass is 361 g/mol. The lowest BCUT2D eigenvalue weighted by molar-refractivity contribution is 0.121. The van der Waals surface area contributed by atoms with E-state index < -0.39 is 11.6 Å². The Labute approximate surface area is 155 Å². The Morgan fingerprint density at radius 2 is 1.50 bits per heavy atom. The van der Waals surface area contributed by atoms with Gasteiger partial charge >= 0.3 is 0 Å². The Morgan fingerprint density at radius 1 is 0.923 bits per heavy atom. The predicted molar refractivity (Wildman–Crippen MR) is 97.8 cm³/mol. The third-order valence-electron chi connectivity index (χ3n) is 6.67. The first-order valence-electron chi connectivity index (χ1n) is 10.1. The van der Waals surface area contributed by atoms with Crippen molar-refractivity contribution in [2.45, 2.75) is 64.7 Å². The van der Waals surface area contributed by atoms with Crippen molar-refractivity contribution in [2.24, 2.45) is 23.7 Å². The molecule has 142 valence electrons. The lowest BCUT2D eigenvalue weighted by atomic mass is 9.69. The van der Waals surface area contributed by atoms with Crippen LogP contribution in [0.2, 0.25) is 0 Å². The summed E-state index contributed by atoms with van der Waals surface area (Å²) in [6.45, 7) is 2.73. The molecule has 0 radical (unpaired) electrons. The van der Waals surface area contributed by atoms with Crippen LogP contribution in [0.3, 0.4) is 0 Å². The normalized spacial score (nSPS) is 29.2. The summed E-state index contributed by atoms with van der Waals surface area (Å²) in [4.78, 5) is 0. The molecule has 2 aliphatic rings. The van der Waals surface area contributed by atoms with E-state index in [1.807, 2.05) is 0 Å². The molecule has 1 aromatic rings. The van der Waals surface area contributed by atoms with Crippen LogP contribution >= 0.6 is 0 Å². The number of hydrogen-bond acceptors (Lipinski definition) is 2. The van der Waals surface area contributed by atoms with Gasteiger partial charge in [-0.25, -0.2) is 4.39 Å². The van der Waals surface area contributed by atoms with Crippen LogP contribution in [0.15, 0.2) is 12.1 Å². The standard InChI is InChI=1S/C22H29F2NO/c1-2-15-3-7-17(8-4-15)18-9-5-16(6-10-18)14-26-20-12-11-19(13-25)21(23)22(20)24/h11-12,15-18H,2-10,14H2,1H3/t15-,16-,17-,18-. The van der Waals surface area contributed by atoms with Gasteiger partial charge in [0.15, 0.2) is 11.6 Å². The minimum Gasteiger partial charge on any atom is -0.490 e. The first-order chi connectivity index (χ1) is 12.6. The molecule has 0 unspecified atom stereocenters. The number of hydrogen-bond donors (Lipinski definition) is 0. The third-order valence-corrected chi connectivity index (χ3v) is 6.67. The zero-order valence-corrected chi connectivity index (χ0v) is 15.6. The van der Waals surface area contributed by atoms with Crippen LogP contribution in [0.1, 0.15) is 70.3 Å². The molecule has 2 fully saturated rings. The molecule has 1 aromatic carbocycles. The Balaban J connectivity index is 1.45. The van der Waals surface area contributed by atoms with E-state index in [-0.39, 0.29) is 11.3 Å². The molecule has 2 aliphatic carbocycles. The van der Waals surface area contributed by atoms with E-state index in [9.17, 15) is 8.78 Å². The second-order valence-electron chi connectivity index (χ2n) is 8.13. The maximum absolute atomic E-state index is 13.9. The average molecular weight is 361 g/mol. The minimum absolute atomic E-state index is 0.0819. The van der Waals surface area contributed by atoms with Gasteiger partial charge in [-0.15, -0.1) is 0 Å². The topological polar surface area (TPSA) is 33.0 Å². The summed E-state index contributed by atoms with van der Waals surface area (Å²) in [7, 11) is 0. The number of rotatable bonds is 5. The molecule has 4 heteroatoms. The van der Waals surface area contributed by atoms with Crippen molar-refractivity contribution in [3.05, 3.63) is 29.3 Å². The number of nitriles is 1. The lowest BCUT2D eigenvalue weighted by Gasteiger charge is -2.37. The number of nitrogens with zero attached hydrogens (tertiary/aromatic N) is 1. The summed E-state index contributed by atoms with van der Waals surface area (Å²) in [6.07, 6.45) is 11.6. The molecule has 0 aliphatic heterocycles. The molecular weight excluding hydrogens is 332 g/mol. The summed E-state index contributed by atoms with van der Waals surface area (Å²) in [5.41, 5.74) is -0.284. The molecule has 0 N–H and O–H groups in total. The average Bonchev–Trinajstić information content (AvgIpc) is 2.70. The predicted octanol–water partition coefficient (Wildman–Crippen LogP) is 6.24. The fraction of sp³-hybridized carbons (Fsp3) is 0.682. The van der Waals surface area contributed by atoms with E-state index in [1.54, 1.807) is 6.07 Å². The quantitative estimate of drug-likeness (QED) is 0.622. The van der Waals surface area contributed by atoms with Crippen LogP contribution < -0.4 is 4.74 Å². The minimum atomic E-state index is -1.11. The zero-order valence-electron chi connectivity index (χ0n) is 15.6. The van der Waals surface area contributed by atoms with E-state index >= 15 is 0 Å². The maximum Gasteiger partial charge on any atom is 0.201 e. The summed E-state index contributed by atoms with van der Waals surface area (Å²) < 4.78 is 33.1. The molecule has 0 heterocycles. The van der Waals surface area contributed by atoms with Gasteiger partial charge in [-0.1, -0.05) is 26.2 Å². The van der Waals surface area contributed by atoms with Crippen molar-refractivity contribution in [3.63, 3.8) is 0 Å². The molecule has 2 nitrogen and oxygen atoms in total. The first kappa shape index (κ1) is 19.1. The van der Waals surface area contributed by atoms with Gasteiger partial charge in [0.05, 0.1) is 12.2 Å². The van der Waals surface area contributed by atoms with E-state index in [2.05, 4.69) is 6.92 Å². The Morgan fingerprint density at radius 3 is 2.04 bits per heavy atom. The molecule has 0 atom stereocenters. The molecule has 0 amide bonds. The first-order valence-corrected chi connectivity index (χ1v) is 10.1. The van der Waals surface area contributed by atoms with Gasteiger partial charge in [-0.3, -0.25) is 0 Å². The van der Waals surface area contributed by atoms with Crippen molar-refractivity contribution in [3.8, 4) is 11.8 Å². The molecule has 0 saturated heterocycles. The SMILES string of the molecule is CC[C@H]1CC[C@H]([C@H]2CC[C@H](COc3ccc(C#N)c(F)c3F)CC2)CC1. The van der Waals surface area contributed by atoms with Gasteiger partial charge < -0.3 is 4.74 Å². The van der Waals surface area contributed by atoms with E-state index in [1.165, 1.54) is 57.1 Å². The van der Waals surface area contributed by atoms with Gasteiger partial charge in [0.1, 0.15) is 6.07 Å². The highest BCUT2D eigenvalue weighted by molar-refractivity contribution is 5.37. The van der Waals surface area contributed by atoms with Gasteiger partial charge in [-0.2, -0.15) is 9.65 Å².